The molecule has 0 unspecified atom stereocenters. The van der Waals surface area contributed by atoms with E-state index in [9.17, 15) is 23.1 Å². The van der Waals surface area contributed by atoms with Gasteiger partial charge in [-0.15, -0.1) is 11.3 Å². The fourth-order valence-electron chi connectivity index (χ4n) is 3.92. The minimum Gasteiger partial charge on any atom is -0.463 e. The fourth-order valence-corrected chi connectivity index (χ4v) is 4.78. The summed E-state index contributed by atoms with van der Waals surface area (Å²) in [6.07, 6.45) is -0.254. The Morgan fingerprint density at radius 1 is 1.44 bits per heavy atom. The third kappa shape index (κ3) is 5.12. The van der Waals surface area contributed by atoms with Crippen molar-refractivity contribution in [2.75, 3.05) is 26.2 Å². The number of ether oxygens (including phenoxy) is 1. The van der Waals surface area contributed by atoms with E-state index in [1.165, 1.54) is 28.4 Å². The van der Waals surface area contributed by atoms with Crippen LogP contribution in [0, 0.1) is 5.82 Å². The minimum absolute atomic E-state index is 0.0583. The Hall–Kier alpha value is -2.47. The Kier molecular flexibility index (Phi) is 7.27. The lowest BCUT2D eigenvalue weighted by Crippen LogP contribution is -2.53. The third-order valence-corrected chi connectivity index (χ3v) is 6.64. The average Bonchev–Trinajstić information content (AvgIpc) is 3.31. The number of carbonyl (C=O) groups is 1. The molecule has 3 heterocycles. The summed E-state index contributed by atoms with van der Waals surface area (Å²) in [7, 11) is 0. The minimum atomic E-state index is -3.29. The number of rotatable bonds is 6. The van der Waals surface area contributed by atoms with Crippen molar-refractivity contribution in [3.05, 3.63) is 62.5 Å². The van der Waals surface area contributed by atoms with Crippen LogP contribution in [0.3, 0.4) is 0 Å². The maximum Gasteiger partial charge on any atom is 0.338 e. The average molecular weight is 515 g/mol. The molecule has 1 aromatic carbocycles. The maximum absolute atomic E-state index is 14.2. The van der Waals surface area contributed by atoms with Gasteiger partial charge in [-0.3, -0.25) is 9.89 Å². The molecular weight excluding hydrogens is 493 g/mol. The molecule has 34 heavy (non-hydrogen) atoms. The molecule has 2 N–H and O–H groups in total. The number of thiazole rings is 1. The lowest BCUT2D eigenvalue weighted by molar-refractivity contribution is -0.148. The summed E-state index contributed by atoms with van der Waals surface area (Å²) in [4.78, 5) is 23.4. The van der Waals surface area contributed by atoms with Crippen LogP contribution in [-0.4, -0.2) is 65.1 Å². The van der Waals surface area contributed by atoms with Crippen LogP contribution in [-0.2, 0) is 9.53 Å². The summed E-state index contributed by atoms with van der Waals surface area (Å²) < 4.78 is 47.4. The highest BCUT2D eigenvalue weighted by Crippen LogP contribution is 2.37. The molecule has 12 heteroatoms. The molecule has 1 saturated heterocycles. The predicted octanol–water partition coefficient (Wildman–Crippen LogP) is 3.55. The van der Waals surface area contributed by atoms with Crippen LogP contribution in [0.1, 0.15) is 30.0 Å². The highest BCUT2D eigenvalue weighted by molar-refractivity contribution is 7.11. The number of hydrogen-bond donors (Lipinski definition) is 2. The number of halogens is 4. The summed E-state index contributed by atoms with van der Waals surface area (Å²) in [5, 5.41) is 15.0. The zero-order chi connectivity index (χ0) is 24.5. The van der Waals surface area contributed by atoms with Gasteiger partial charge < -0.3 is 15.2 Å². The molecule has 7 nitrogen and oxygen atoms in total. The SMILES string of the molecule is CCOC(=O)C1=C(CN2CC[C@@H](O)C(F)(F)C2)NC(c2nccs2)=N[C@@H]1c1ccc(F)cc1Cl. The van der Waals surface area contributed by atoms with Crippen LogP contribution >= 0.6 is 22.9 Å². The second-order valence-electron chi connectivity index (χ2n) is 7.90. The van der Waals surface area contributed by atoms with Crippen molar-refractivity contribution in [1.82, 2.24) is 15.2 Å². The van der Waals surface area contributed by atoms with Crippen LogP contribution in [0.15, 0.2) is 46.0 Å². The molecule has 4 rings (SSSR count). The van der Waals surface area contributed by atoms with Crippen LogP contribution in [0.4, 0.5) is 13.2 Å². The first-order chi connectivity index (χ1) is 16.2. The van der Waals surface area contributed by atoms with Gasteiger partial charge in [0, 0.05) is 40.9 Å². The Morgan fingerprint density at radius 3 is 2.88 bits per heavy atom. The van der Waals surface area contributed by atoms with Gasteiger partial charge in [0.25, 0.3) is 5.92 Å². The number of benzene rings is 1. The smallest absolute Gasteiger partial charge is 0.338 e. The van der Waals surface area contributed by atoms with Crippen molar-refractivity contribution in [2.45, 2.75) is 31.4 Å². The Morgan fingerprint density at radius 2 is 2.24 bits per heavy atom. The summed E-state index contributed by atoms with van der Waals surface area (Å²) in [6.45, 7) is 1.18. The number of nitrogens with one attached hydrogen (secondary N) is 1. The van der Waals surface area contributed by atoms with Gasteiger partial charge in [-0.1, -0.05) is 17.7 Å². The Balaban J connectivity index is 1.80. The quantitative estimate of drug-likeness (QED) is 0.573. The van der Waals surface area contributed by atoms with E-state index in [-0.39, 0.29) is 36.7 Å². The lowest BCUT2D eigenvalue weighted by atomic mass is 9.94. The van der Waals surface area contributed by atoms with Crippen LogP contribution < -0.4 is 5.32 Å². The van der Waals surface area contributed by atoms with Crippen LogP contribution in [0.5, 0.6) is 0 Å². The number of aliphatic hydroxyl groups is 1. The first-order valence-corrected chi connectivity index (χ1v) is 11.8. The summed E-state index contributed by atoms with van der Waals surface area (Å²) in [6, 6.07) is 2.78. The molecule has 2 aliphatic rings. The lowest BCUT2D eigenvalue weighted by Gasteiger charge is -2.37. The van der Waals surface area contributed by atoms with Crippen molar-refractivity contribution in [2.24, 2.45) is 4.99 Å². The number of likely N-dealkylation sites (tertiary alicyclic amines) is 1. The van der Waals surface area contributed by atoms with E-state index in [1.54, 1.807) is 18.5 Å². The van der Waals surface area contributed by atoms with E-state index in [0.717, 1.165) is 6.07 Å². The van der Waals surface area contributed by atoms with Crippen LogP contribution in [0.25, 0.3) is 0 Å². The van der Waals surface area contributed by atoms with Crippen molar-refractivity contribution < 1.29 is 27.8 Å². The van der Waals surface area contributed by atoms with Gasteiger partial charge in [-0.05, 0) is 25.5 Å². The highest BCUT2D eigenvalue weighted by atomic mass is 35.5. The zero-order valence-corrected chi connectivity index (χ0v) is 19.7. The summed E-state index contributed by atoms with van der Waals surface area (Å²) in [5.41, 5.74) is 0.750. The molecule has 0 spiro atoms. The largest absolute Gasteiger partial charge is 0.463 e. The third-order valence-electron chi connectivity index (χ3n) is 5.54. The molecule has 2 aromatic rings. The normalized spacial score (nSPS) is 22.8. The summed E-state index contributed by atoms with van der Waals surface area (Å²) >= 11 is 7.62. The molecule has 1 fully saturated rings. The first-order valence-electron chi connectivity index (χ1n) is 10.6. The number of aromatic nitrogens is 1. The number of esters is 1. The van der Waals surface area contributed by atoms with E-state index in [1.807, 2.05) is 0 Å². The molecule has 0 amide bonds. The molecule has 0 bridgehead atoms. The van der Waals surface area contributed by atoms with Gasteiger partial charge >= 0.3 is 5.97 Å². The van der Waals surface area contributed by atoms with Gasteiger partial charge in [0.2, 0.25) is 0 Å². The van der Waals surface area contributed by atoms with E-state index < -0.39 is 36.4 Å². The number of nitrogens with zero attached hydrogens (tertiary/aromatic N) is 3. The monoisotopic (exact) mass is 514 g/mol. The Labute approximate surface area is 202 Å². The van der Waals surface area contributed by atoms with Gasteiger partial charge in [0.15, 0.2) is 10.8 Å². The van der Waals surface area contributed by atoms with Crippen molar-refractivity contribution >= 4 is 34.7 Å². The topological polar surface area (TPSA) is 87.0 Å². The zero-order valence-electron chi connectivity index (χ0n) is 18.1. The first kappa shape index (κ1) is 24.6. The molecule has 0 aliphatic carbocycles. The molecule has 1 aromatic heterocycles. The number of amidine groups is 1. The fraction of sp³-hybridized carbons (Fsp3) is 0.409. The van der Waals surface area contributed by atoms with Crippen molar-refractivity contribution in [3.63, 3.8) is 0 Å². The van der Waals surface area contributed by atoms with Crippen molar-refractivity contribution in [1.29, 1.82) is 0 Å². The number of piperidine rings is 1. The Bertz CT molecular complexity index is 1130. The van der Waals surface area contributed by atoms with E-state index in [0.29, 0.717) is 22.1 Å². The molecule has 0 saturated carbocycles. The molecular formula is C22H22ClF3N4O3S. The van der Waals surface area contributed by atoms with E-state index >= 15 is 0 Å². The van der Waals surface area contributed by atoms with Gasteiger partial charge in [0.05, 0.1) is 18.7 Å². The molecule has 2 aliphatic heterocycles. The van der Waals surface area contributed by atoms with Gasteiger partial charge in [0.1, 0.15) is 18.0 Å². The van der Waals surface area contributed by atoms with Gasteiger partial charge in [-0.2, -0.15) is 0 Å². The number of carbonyl (C=O) groups excluding carboxylic acids is 1. The molecule has 0 radical (unpaired) electrons. The van der Waals surface area contributed by atoms with E-state index in [4.69, 9.17) is 16.3 Å². The standard InChI is InChI=1S/C22H22ClF3N4O3S/c1-2-33-21(32)17-15(10-30-7-5-16(31)22(25,26)11-30)28-19(20-27-6-8-34-20)29-18(17)13-4-3-12(24)9-14(13)23/h3-4,6,8-9,16,18,31H,2,5,7,10-11H2,1H3,(H,28,29)/t16-,18-/m1/s1. The van der Waals surface area contributed by atoms with Gasteiger partial charge in [-0.25, -0.2) is 22.9 Å². The van der Waals surface area contributed by atoms with E-state index in [2.05, 4.69) is 15.3 Å². The summed E-state index contributed by atoms with van der Waals surface area (Å²) in [5.74, 6) is -4.21. The highest BCUT2D eigenvalue weighted by Gasteiger charge is 2.44. The molecule has 2 atom stereocenters. The number of aliphatic imine (C=N–C) groups is 1. The molecule has 182 valence electrons. The second kappa shape index (κ2) is 10.0. The maximum atomic E-state index is 14.2. The number of alkyl halides is 2. The van der Waals surface area contributed by atoms with Crippen LogP contribution in [0.2, 0.25) is 5.02 Å². The number of hydrogen-bond acceptors (Lipinski definition) is 8. The number of aliphatic hydroxyl groups excluding tert-OH is 1. The van der Waals surface area contributed by atoms with Crippen molar-refractivity contribution in [3.8, 4) is 0 Å². The predicted molar refractivity (Wildman–Crippen MR) is 122 cm³/mol. The second-order valence-corrected chi connectivity index (χ2v) is 9.20.